The fraction of sp³-hybridized carbons (Fsp3) is 0.444. The lowest BCUT2D eigenvalue weighted by atomic mass is 10.0. The average Bonchev–Trinajstić information content (AvgIpc) is 3.10. The summed E-state index contributed by atoms with van der Waals surface area (Å²) in [6.45, 7) is 5.04. The number of para-hydroxylation sites is 1. The molecule has 0 spiro atoms. The fourth-order valence-electron chi connectivity index (χ4n) is 3.30. The van der Waals surface area contributed by atoms with Crippen LogP contribution in [0.4, 0.5) is 5.82 Å². The predicted molar refractivity (Wildman–Crippen MR) is 91.4 cm³/mol. The van der Waals surface area contributed by atoms with Crippen LogP contribution < -0.4 is 19.7 Å². The summed E-state index contributed by atoms with van der Waals surface area (Å²) in [4.78, 5) is 2.31. The zero-order valence-electron chi connectivity index (χ0n) is 13.9. The summed E-state index contributed by atoms with van der Waals surface area (Å²) in [7, 11) is 0. The van der Waals surface area contributed by atoms with Gasteiger partial charge in [-0.25, -0.2) is 0 Å². The molecule has 0 unspecified atom stereocenters. The van der Waals surface area contributed by atoms with Crippen LogP contribution >= 0.6 is 0 Å². The molecule has 1 fully saturated rings. The monoisotopic (exact) mass is 326 g/mol. The Morgan fingerprint density at radius 3 is 3.04 bits per heavy atom. The van der Waals surface area contributed by atoms with Crippen molar-refractivity contribution in [2.45, 2.75) is 32.4 Å². The molecule has 2 aliphatic rings. The minimum Gasteiger partial charge on any atom is -0.454 e. The summed E-state index contributed by atoms with van der Waals surface area (Å²) in [5.74, 6) is 2.68. The maximum atomic E-state index is 5.58. The van der Waals surface area contributed by atoms with E-state index in [1.807, 2.05) is 25.1 Å². The molecule has 0 bridgehead atoms. The van der Waals surface area contributed by atoms with Gasteiger partial charge in [-0.3, -0.25) is 0 Å². The van der Waals surface area contributed by atoms with E-state index in [4.69, 9.17) is 9.47 Å². The number of aromatic nitrogens is 2. The standard InChI is InChI=1S/C18H22N4O2/c1-13-7-8-17(21-20-13)22-9-3-5-15(11-22)19-10-14-4-2-6-16-18(14)24-12-23-16/h2,4,6-8,15,19H,3,5,9-12H2,1H3/t15-/m0/s1. The van der Waals surface area contributed by atoms with Crippen molar-refractivity contribution in [1.82, 2.24) is 15.5 Å². The first-order valence-electron chi connectivity index (χ1n) is 8.46. The molecule has 126 valence electrons. The molecule has 6 heteroatoms. The highest BCUT2D eigenvalue weighted by atomic mass is 16.7. The van der Waals surface area contributed by atoms with Gasteiger partial charge < -0.3 is 19.7 Å². The third-order valence-corrected chi connectivity index (χ3v) is 4.59. The molecular formula is C18H22N4O2. The summed E-state index contributed by atoms with van der Waals surface area (Å²) in [6.07, 6.45) is 2.32. The Kier molecular flexibility index (Phi) is 4.21. The van der Waals surface area contributed by atoms with Crippen molar-refractivity contribution in [3.8, 4) is 11.5 Å². The second-order valence-corrected chi connectivity index (χ2v) is 6.35. The predicted octanol–water partition coefficient (Wildman–Crippen LogP) is 2.27. The van der Waals surface area contributed by atoms with Crippen LogP contribution in [0.3, 0.4) is 0 Å². The molecular weight excluding hydrogens is 304 g/mol. The number of ether oxygens (including phenoxy) is 2. The maximum absolute atomic E-state index is 5.58. The van der Waals surface area contributed by atoms with Crippen molar-refractivity contribution in [2.75, 3.05) is 24.8 Å². The van der Waals surface area contributed by atoms with Crippen LogP contribution in [0.1, 0.15) is 24.1 Å². The topological polar surface area (TPSA) is 59.5 Å². The molecule has 2 aliphatic heterocycles. The first kappa shape index (κ1) is 15.2. The minimum absolute atomic E-state index is 0.315. The SMILES string of the molecule is Cc1ccc(N2CCC[C@H](NCc3cccc4c3OCO4)C2)nn1. The number of hydrogen-bond donors (Lipinski definition) is 1. The molecule has 1 aromatic heterocycles. The second kappa shape index (κ2) is 6.65. The third kappa shape index (κ3) is 3.14. The summed E-state index contributed by atoms with van der Waals surface area (Å²) < 4.78 is 11.0. The van der Waals surface area contributed by atoms with Crippen LogP contribution in [0.5, 0.6) is 11.5 Å². The maximum Gasteiger partial charge on any atom is 0.231 e. The molecule has 2 aromatic rings. The normalized spacial score (nSPS) is 19.5. The Labute approximate surface area is 141 Å². The number of piperidine rings is 1. The fourth-order valence-corrected chi connectivity index (χ4v) is 3.30. The minimum atomic E-state index is 0.315. The largest absolute Gasteiger partial charge is 0.454 e. The van der Waals surface area contributed by atoms with E-state index in [1.165, 1.54) is 6.42 Å². The molecule has 0 radical (unpaired) electrons. The zero-order valence-corrected chi connectivity index (χ0v) is 13.9. The van der Waals surface area contributed by atoms with Crippen molar-refractivity contribution in [1.29, 1.82) is 0 Å². The van der Waals surface area contributed by atoms with E-state index in [2.05, 4.69) is 32.5 Å². The quantitative estimate of drug-likeness (QED) is 0.930. The smallest absolute Gasteiger partial charge is 0.231 e. The lowest BCUT2D eigenvalue weighted by Crippen LogP contribution is -2.45. The number of rotatable bonds is 4. The molecule has 0 aliphatic carbocycles. The average molecular weight is 326 g/mol. The van der Waals surface area contributed by atoms with Gasteiger partial charge in [-0.05, 0) is 38.0 Å². The van der Waals surface area contributed by atoms with Crippen LogP contribution in [-0.2, 0) is 6.54 Å². The number of benzene rings is 1. The number of anilines is 1. The highest BCUT2D eigenvalue weighted by Crippen LogP contribution is 2.35. The second-order valence-electron chi connectivity index (χ2n) is 6.35. The zero-order chi connectivity index (χ0) is 16.4. The Balaban J connectivity index is 1.39. The molecule has 0 amide bonds. The van der Waals surface area contributed by atoms with Gasteiger partial charge in [-0.1, -0.05) is 12.1 Å². The van der Waals surface area contributed by atoms with Crippen molar-refractivity contribution >= 4 is 5.82 Å². The van der Waals surface area contributed by atoms with E-state index in [1.54, 1.807) is 0 Å². The van der Waals surface area contributed by atoms with Crippen LogP contribution in [-0.4, -0.2) is 36.1 Å². The van der Waals surface area contributed by atoms with E-state index in [9.17, 15) is 0 Å². The third-order valence-electron chi connectivity index (χ3n) is 4.59. The van der Waals surface area contributed by atoms with E-state index >= 15 is 0 Å². The van der Waals surface area contributed by atoms with Crippen LogP contribution in [0.25, 0.3) is 0 Å². The number of nitrogens with zero attached hydrogens (tertiary/aromatic N) is 3. The van der Waals surface area contributed by atoms with Gasteiger partial charge in [-0.2, -0.15) is 5.10 Å². The first-order chi connectivity index (χ1) is 11.8. The molecule has 0 saturated carbocycles. The molecule has 1 saturated heterocycles. The lowest BCUT2D eigenvalue weighted by molar-refractivity contribution is 0.173. The molecule has 6 nitrogen and oxygen atoms in total. The van der Waals surface area contributed by atoms with Gasteiger partial charge in [-0.15, -0.1) is 5.10 Å². The highest BCUT2D eigenvalue weighted by molar-refractivity contribution is 5.48. The van der Waals surface area contributed by atoms with Gasteiger partial charge in [0.25, 0.3) is 0 Å². The highest BCUT2D eigenvalue weighted by Gasteiger charge is 2.22. The Morgan fingerprint density at radius 1 is 1.21 bits per heavy atom. The number of nitrogens with one attached hydrogen (secondary N) is 1. The molecule has 24 heavy (non-hydrogen) atoms. The Bertz CT molecular complexity index is 705. The number of hydrogen-bond acceptors (Lipinski definition) is 6. The number of fused-ring (bicyclic) bond motifs is 1. The summed E-state index contributed by atoms with van der Waals surface area (Å²) in [6, 6.07) is 10.6. The molecule has 1 N–H and O–H groups in total. The van der Waals surface area contributed by atoms with Crippen molar-refractivity contribution < 1.29 is 9.47 Å². The van der Waals surface area contributed by atoms with Crippen LogP contribution in [0.15, 0.2) is 30.3 Å². The summed E-state index contributed by atoms with van der Waals surface area (Å²) in [5, 5.41) is 12.1. The van der Waals surface area contributed by atoms with Gasteiger partial charge in [0, 0.05) is 31.2 Å². The van der Waals surface area contributed by atoms with Gasteiger partial charge in [0.05, 0.1) is 5.69 Å². The van der Waals surface area contributed by atoms with Crippen LogP contribution in [0.2, 0.25) is 0 Å². The molecule has 1 atom stereocenters. The first-order valence-corrected chi connectivity index (χ1v) is 8.46. The van der Waals surface area contributed by atoms with Crippen LogP contribution in [0, 0.1) is 6.92 Å². The van der Waals surface area contributed by atoms with Crippen molar-refractivity contribution in [2.24, 2.45) is 0 Å². The van der Waals surface area contributed by atoms with Crippen molar-refractivity contribution in [3.63, 3.8) is 0 Å². The van der Waals surface area contributed by atoms with E-state index in [0.717, 1.165) is 54.6 Å². The van der Waals surface area contributed by atoms with Gasteiger partial charge >= 0.3 is 0 Å². The number of aryl methyl sites for hydroxylation is 1. The Hall–Kier alpha value is -2.34. The Morgan fingerprint density at radius 2 is 2.17 bits per heavy atom. The van der Waals surface area contributed by atoms with Gasteiger partial charge in [0.1, 0.15) is 0 Å². The lowest BCUT2D eigenvalue weighted by Gasteiger charge is -2.33. The summed E-state index contributed by atoms with van der Waals surface area (Å²) >= 11 is 0. The van der Waals surface area contributed by atoms with E-state index < -0.39 is 0 Å². The van der Waals surface area contributed by atoms with Crippen molar-refractivity contribution in [3.05, 3.63) is 41.6 Å². The molecule has 3 heterocycles. The van der Waals surface area contributed by atoms with Gasteiger partial charge in [0.2, 0.25) is 6.79 Å². The molecule has 1 aromatic carbocycles. The van der Waals surface area contributed by atoms with E-state index in [-0.39, 0.29) is 0 Å². The summed E-state index contributed by atoms with van der Waals surface area (Å²) in [5.41, 5.74) is 2.10. The molecule has 4 rings (SSSR count). The van der Waals surface area contributed by atoms with Gasteiger partial charge in [0.15, 0.2) is 17.3 Å². The van der Waals surface area contributed by atoms with E-state index in [0.29, 0.717) is 12.8 Å².